The summed E-state index contributed by atoms with van der Waals surface area (Å²) in [5.41, 5.74) is 12.9. The minimum Gasteiger partial charge on any atom is -0.494 e. The first kappa shape index (κ1) is 57.6. The number of thiazole rings is 1. The molecule has 5 heterocycles. The molecule has 5 atom stereocenters. The zero-order valence-corrected chi connectivity index (χ0v) is 48.2. The number of aryl methyl sites for hydroxylation is 1. The number of allylic oxidation sites excluding steroid dienone is 3. The van der Waals surface area contributed by atoms with E-state index in [4.69, 9.17) is 14.2 Å². The third-order valence-electron chi connectivity index (χ3n) is 16.0. The molecule has 5 N–H and O–H groups in total. The van der Waals surface area contributed by atoms with Gasteiger partial charge in [-0.3, -0.25) is 19.2 Å². The number of unbranched alkanes of at least 4 members (excludes halogenated alkanes) is 1. The monoisotopic (exact) mass is 1110 g/mol. The highest BCUT2D eigenvalue weighted by molar-refractivity contribution is 7.13. The van der Waals surface area contributed by atoms with E-state index in [1.807, 2.05) is 127 Å². The van der Waals surface area contributed by atoms with Crippen LogP contribution in [0.3, 0.4) is 0 Å². The van der Waals surface area contributed by atoms with Gasteiger partial charge in [-0.1, -0.05) is 56.3 Å². The summed E-state index contributed by atoms with van der Waals surface area (Å²) in [5, 5.41) is 30.8. The Labute approximate surface area is 474 Å². The number of fused-ring (bicyclic) bond motifs is 1. The number of ether oxygens (including phenoxy) is 3. The van der Waals surface area contributed by atoms with Crippen LogP contribution in [0.1, 0.15) is 123 Å². The summed E-state index contributed by atoms with van der Waals surface area (Å²) in [5.74, 6) is -0.195. The number of benzene rings is 4. The molecule has 80 heavy (non-hydrogen) atoms. The maximum Gasteiger partial charge on any atom is 0.255 e. The predicted molar refractivity (Wildman–Crippen MR) is 312 cm³/mol. The molecule has 0 aliphatic carbocycles. The Morgan fingerprint density at radius 1 is 0.887 bits per heavy atom. The molecule has 0 spiro atoms. The van der Waals surface area contributed by atoms with Gasteiger partial charge in [0.15, 0.2) is 0 Å². The highest BCUT2D eigenvalue weighted by Gasteiger charge is 2.46. The summed E-state index contributed by atoms with van der Waals surface area (Å²) in [7, 11) is 0. The molecule has 9 rings (SSSR count). The number of aromatic nitrogens is 1. The number of amides is 4. The van der Waals surface area contributed by atoms with Crippen molar-refractivity contribution in [1.82, 2.24) is 30.7 Å². The van der Waals surface area contributed by atoms with Crippen molar-refractivity contribution in [3.63, 3.8) is 0 Å². The Balaban J connectivity index is 0.777. The molecule has 4 aliphatic rings. The number of β-amino-alcohol motifs (C(OH)–C–C–N with tert-alkyl or cyclic N) is 1. The van der Waals surface area contributed by atoms with Crippen molar-refractivity contribution in [3.05, 3.63) is 141 Å². The standard InChI is InChI=1S/C63H77N7O9S/c1-9-68(48-22-26-77-27-23-48)55-30-47(29-52(40(55)6)59(72)64-33-54-38(4)28-39(5)66-60(54)73)44-16-19-50(20-17-44)78-24-10-11-25-79-51-21-18-46-34-70(62(75)53(46)32-51)57(37(2)3)63(76)69-35-49(71)31-56(69)61(74)67-41(7)43-12-14-45(15-13-43)58-42(8)65-36-80-58/h12-21,28-30,32,36-37,41,48-49,56-57,60,66,71,73H,9-11,22-27,31,33-35H2,1-8H3,(H,64,72)(H,67,74)/t41-,49+,56-,57-,60?/m0/s1. The SMILES string of the molecule is CCN(c1cc(-c2ccc(OCCCCOc3ccc4c(c3)C(=O)N([C@H](C(=O)N3C[C@H](O)C[C@H]3C(=O)N[C@@H](C)c3ccc(-c5scnc5C)cc3)C(C)C)C4)cc2)cc(C(=O)NCC2=C(C)C=C(C)NC2O)c1C)C1CCOCC1. The van der Waals surface area contributed by atoms with Crippen molar-refractivity contribution in [2.45, 2.75) is 131 Å². The molecule has 4 aliphatic heterocycles. The van der Waals surface area contributed by atoms with Crippen molar-refractivity contribution in [2.24, 2.45) is 5.92 Å². The van der Waals surface area contributed by atoms with Crippen LogP contribution < -0.4 is 30.3 Å². The van der Waals surface area contributed by atoms with Crippen molar-refractivity contribution in [3.8, 4) is 33.1 Å². The number of nitrogens with one attached hydrogen (secondary N) is 3. The lowest BCUT2D eigenvalue weighted by Crippen LogP contribution is -2.55. The summed E-state index contributed by atoms with van der Waals surface area (Å²) in [4.78, 5) is 67.5. The Hall–Kier alpha value is -7.05. The highest BCUT2D eigenvalue weighted by Crippen LogP contribution is 2.36. The average molecular weight is 1110 g/mol. The minimum atomic E-state index is -0.890. The van der Waals surface area contributed by atoms with Gasteiger partial charge >= 0.3 is 0 Å². The van der Waals surface area contributed by atoms with Gasteiger partial charge in [-0.2, -0.15) is 0 Å². The summed E-state index contributed by atoms with van der Waals surface area (Å²) in [6, 6.07) is 23.7. The van der Waals surface area contributed by atoms with E-state index in [1.165, 1.54) is 4.90 Å². The number of rotatable bonds is 21. The second-order valence-corrected chi connectivity index (χ2v) is 22.8. The van der Waals surface area contributed by atoms with Gasteiger partial charge in [0.2, 0.25) is 11.8 Å². The summed E-state index contributed by atoms with van der Waals surface area (Å²) >= 11 is 1.58. The number of anilines is 1. The van der Waals surface area contributed by atoms with Gasteiger partial charge in [0, 0.05) is 79.9 Å². The summed E-state index contributed by atoms with van der Waals surface area (Å²) in [6.45, 7) is 19.2. The van der Waals surface area contributed by atoms with Crippen LogP contribution in [0, 0.1) is 19.8 Å². The Kier molecular flexibility index (Phi) is 18.4. The topological polar surface area (TPSA) is 195 Å². The van der Waals surface area contributed by atoms with E-state index in [0.717, 1.165) is 98.0 Å². The lowest BCUT2D eigenvalue weighted by molar-refractivity contribution is -0.143. The van der Waals surface area contributed by atoms with Gasteiger partial charge in [0.25, 0.3) is 11.8 Å². The van der Waals surface area contributed by atoms with Gasteiger partial charge in [0.1, 0.15) is 29.8 Å². The number of carbonyl (C=O) groups is 4. The first-order valence-electron chi connectivity index (χ1n) is 28.2. The lowest BCUT2D eigenvalue weighted by atomic mass is 9.95. The average Bonchev–Trinajstić information content (AvgIpc) is 4.20. The Morgan fingerprint density at radius 2 is 1.57 bits per heavy atom. The second-order valence-electron chi connectivity index (χ2n) is 21.9. The maximum absolute atomic E-state index is 14.5. The molecular formula is C63H77N7O9S. The van der Waals surface area contributed by atoms with Crippen LogP contribution in [0.5, 0.6) is 11.5 Å². The zero-order chi connectivity index (χ0) is 56.8. The van der Waals surface area contributed by atoms with Gasteiger partial charge < -0.3 is 55.1 Å². The fraction of sp³-hybridized carbons (Fsp3) is 0.444. The zero-order valence-electron chi connectivity index (χ0n) is 47.3. The third-order valence-corrected chi connectivity index (χ3v) is 17.0. The Morgan fingerprint density at radius 3 is 2.24 bits per heavy atom. The van der Waals surface area contributed by atoms with E-state index in [-0.39, 0.29) is 67.7 Å². The number of hydrogen-bond donors (Lipinski definition) is 5. The third kappa shape index (κ3) is 12.9. The van der Waals surface area contributed by atoms with Gasteiger partial charge in [0.05, 0.1) is 41.4 Å². The van der Waals surface area contributed by atoms with Crippen molar-refractivity contribution >= 4 is 40.7 Å². The number of hydrogen-bond acceptors (Lipinski definition) is 13. The Bertz CT molecular complexity index is 3110. The fourth-order valence-corrected chi connectivity index (χ4v) is 12.4. The predicted octanol–water partition coefficient (Wildman–Crippen LogP) is 9.03. The number of dihydropyridines is 1. The first-order valence-corrected chi connectivity index (χ1v) is 29.1. The smallest absolute Gasteiger partial charge is 0.255 e. The number of aliphatic hydroxyl groups is 2. The molecule has 424 valence electrons. The molecule has 0 bridgehead atoms. The van der Waals surface area contributed by atoms with Gasteiger partial charge in [-0.25, -0.2) is 4.98 Å². The molecule has 2 saturated heterocycles. The molecule has 0 saturated carbocycles. The minimum absolute atomic E-state index is 0.000177. The second kappa shape index (κ2) is 25.6. The van der Waals surface area contributed by atoms with Crippen molar-refractivity contribution < 1.29 is 43.6 Å². The normalized spacial score (nSPS) is 19.1. The van der Waals surface area contributed by atoms with Crippen LogP contribution in [0.15, 0.2) is 107 Å². The molecule has 17 heteroatoms. The lowest BCUT2D eigenvalue weighted by Gasteiger charge is -2.37. The molecule has 16 nitrogen and oxygen atoms in total. The number of carbonyl (C=O) groups excluding carboxylic acids is 4. The van der Waals surface area contributed by atoms with Crippen LogP contribution in [-0.2, 0) is 20.9 Å². The van der Waals surface area contributed by atoms with E-state index < -0.39 is 24.4 Å². The fourth-order valence-electron chi connectivity index (χ4n) is 11.6. The molecule has 0 radical (unpaired) electrons. The summed E-state index contributed by atoms with van der Waals surface area (Å²) in [6.07, 6.45) is 3.57. The molecule has 2 fully saturated rings. The van der Waals surface area contributed by atoms with Gasteiger partial charge in [-0.05, 0) is 155 Å². The molecule has 4 amide bonds. The number of aliphatic hydroxyl groups excluding tert-OH is 2. The molecule has 5 aromatic rings. The number of likely N-dealkylation sites (tertiary alicyclic amines) is 1. The van der Waals surface area contributed by atoms with Crippen LogP contribution in [0.25, 0.3) is 21.6 Å². The van der Waals surface area contributed by atoms with E-state index >= 15 is 0 Å². The van der Waals surface area contributed by atoms with E-state index in [0.29, 0.717) is 49.7 Å². The maximum atomic E-state index is 14.5. The number of nitrogens with zero attached hydrogens (tertiary/aromatic N) is 4. The van der Waals surface area contributed by atoms with Gasteiger partial charge in [-0.15, -0.1) is 11.3 Å². The first-order chi connectivity index (χ1) is 38.5. The molecule has 1 aromatic heterocycles. The quantitative estimate of drug-likeness (QED) is 0.0439. The van der Waals surface area contributed by atoms with Crippen molar-refractivity contribution in [1.29, 1.82) is 0 Å². The summed E-state index contributed by atoms with van der Waals surface area (Å²) < 4.78 is 18.0. The van der Waals surface area contributed by atoms with Crippen LogP contribution in [0.4, 0.5) is 5.69 Å². The van der Waals surface area contributed by atoms with E-state index in [9.17, 15) is 29.4 Å². The largest absolute Gasteiger partial charge is 0.494 e. The van der Waals surface area contributed by atoms with Crippen LogP contribution in [-0.4, -0.2) is 125 Å². The molecular weight excluding hydrogens is 1030 g/mol. The van der Waals surface area contributed by atoms with E-state index in [1.54, 1.807) is 22.3 Å². The van der Waals surface area contributed by atoms with Crippen LogP contribution >= 0.6 is 11.3 Å². The highest BCUT2D eigenvalue weighted by atomic mass is 32.1. The molecule has 4 aromatic carbocycles. The molecule has 1 unspecified atom stereocenters. The van der Waals surface area contributed by atoms with Crippen molar-refractivity contribution in [2.75, 3.05) is 51.0 Å². The van der Waals surface area contributed by atoms with E-state index in [2.05, 4.69) is 38.8 Å². The van der Waals surface area contributed by atoms with Crippen LogP contribution in [0.2, 0.25) is 0 Å².